The molecule has 6 rings (SSSR count). The predicted molar refractivity (Wildman–Crippen MR) is 161 cm³/mol. The van der Waals surface area contributed by atoms with E-state index in [1.165, 1.54) is 6.07 Å². The number of nitrogens with one attached hydrogen (secondary N) is 3. The summed E-state index contributed by atoms with van der Waals surface area (Å²) in [5.41, 5.74) is 10.3. The van der Waals surface area contributed by atoms with Crippen LogP contribution in [0.1, 0.15) is 96.1 Å². The van der Waals surface area contributed by atoms with Crippen LogP contribution < -0.4 is 32.5 Å². The summed E-state index contributed by atoms with van der Waals surface area (Å²) in [4.78, 5) is 69.1. The number of nitrogens with two attached hydrogens (primary N) is 1. The smallest absolute Gasteiger partial charge is 0.335 e. The highest BCUT2D eigenvalue weighted by molar-refractivity contribution is 5.97. The van der Waals surface area contributed by atoms with Crippen LogP contribution in [0.4, 0.5) is 11.4 Å². The third kappa shape index (κ3) is 5.19. The Morgan fingerprint density at radius 3 is 2.45 bits per heavy atom. The van der Waals surface area contributed by atoms with E-state index in [1.54, 1.807) is 19.1 Å². The number of nitrogens with zero attached hydrogens (tertiary/aromatic N) is 2. The quantitative estimate of drug-likeness (QED) is 0.189. The molecule has 1 aromatic heterocycles. The monoisotopic (exact) mass is 594 g/mol. The van der Waals surface area contributed by atoms with Gasteiger partial charge in [-0.3, -0.25) is 19.2 Å². The van der Waals surface area contributed by atoms with Crippen LogP contribution in [0.25, 0.3) is 0 Å². The summed E-state index contributed by atoms with van der Waals surface area (Å²) in [7, 11) is 0. The second-order valence-electron chi connectivity index (χ2n) is 11.2. The van der Waals surface area contributed by atoms with Crippen molar-refractivity contribution >= 4 is 29.2 Å². The van der Waals surface area contributed by atoms with Gasteiger partial charge in [-0.05, 0) is 78.5 Å². The Morgan fingerprint density at radius 1 is 0.932 bits per heavy atom. The second-order valence-corrected chi connectivity index (χ2v) is 11.2. The van der Waals surface area contributed by atoms with Crippen molar-refractivity contribution in [2.75, 3.05) is 11.1 Å². The molecule has 2 aliphatic rings. The van der Waals surface area contributed by atoms with Crippen molar-refractivity contribution in [2.24, 2.45) is 0 Å². The molecule has 1 unspecified atom stereocenters. The molecule has 6 N–H and O–H groups in total. The van der Waals surface area contributed by atoms with Gasteiger partial charge in [-0.25, -0.2) is 14.8 Å². The van der Waals surface area contributed by atoms with E-state index in [-0.39, 0.29) is 47.0 Å². The highest BCUT2D eigenvalue weighted by Crippen LogP contribution is 2.35. The predicted octanol–water partition coefficient (Wildman–Crippen LogP) is 2.50. The lowest BCUT2D eigenvalue weighted by Gasteiger charge is -2.28. The number of aryl methyl sites for hydroxylation is 1. The number of benzene rings is 2. The lowest BCUT2D eigenvalue weighted by atomic mass is 9.86. The Hall–Kier alpha value is -5.39. The minimum atomic E-state index is -0.985. The number of aromatic nitrogens is 2. The lowest BCUT2D eigenvalue weighted by Crippen LogP contribution is -2.38. The van der Waals surface area contributed by atoms with E-state index < -0.39 is 28.6 Å². The van der Waals surface area contributed by atoms with Crippen molar-refractivity contribution in [3.05, 3.63) is 114 Å². The Bertz CT molecular complexity index is 1910. The van der Waals surface area contributed by atoms with Crippen molar-refractivity contribution in [2.45, 2.75) is 57.7 Å². The SMILES string of the molecule is Cc1c(C(=O)O)ccc2c1CC[C@@H]2NC(=O)c1cc(C(=O)NCc2ccc3c(c2)C(Nc2c(N)c(=O)c2=O)CCC3)ncn1. The van der Waals surface area contributed by atoms with Crippen LogP contribution in [-0.4, -0.2) is 32.9 Å². The zero-order valence-electron chi connectivity index (χ0n) is 23.9. The summed E-state index contributed by atoms with van der Waals surface area (Å²) in [5, 5.41) is 18.3. The number of rotatable bonds is 8. The molecule has 44 heavy (non-hydrogen) atoms. The number of carboxylic acids is 1. The molecule has 224 valence electrons. The Balaban J connectivity index is 1.11. The van der Waals surface area contributed by atoms with Crippen molar-refractivity contribution in [1.29, 1.82) is 0 Å². The standard InChI is InChI=1S/C32H30N6O6/c1-15-18-9-10-23(20(18)8-7-19(15)32(43)44)38-31(42)25-12-24(35-14-36-25)30(41)34-13-16-5-6-17-3-2-4-22(21(17)11-16)37-27-26(33)28(39)29(27)40/h5-8,11-12,14,22-23,37H,2-4,9-10,13,33H2,1H3,(H,34,41)(H,38,42)(H,43,44)/t22?,23-/m0/s1. The maximum atomic E-state index is 13.1. The van der Waals surface area contributed by atoms with E-state index >= 15 is 0 Å². The highest BCUT2D eigenvalue weighted by atomic mass is 16.4. The summed E-state index contributed by atoms with van der Waals surface area (Å²) >= 11 is 0. The normalized spacial score (nSPS) is 17.0. The molecule has 0 aliphatic heterocycles. The van der Waals surface area contributed by atoms with Gasteiger partial charge in [0.2, 0.25) is 0 Å². The highest BCUT2D eigenvalue weighted by Gasteiger charge is 2.29. The van der Waals surface area contributed by atoms with Crippen LogP contribution in [0.3, 0.4) is 0 Å². The lowest BCUT2D eigenvalue weighted by molar-refractivity contribution is 0.0695. The topological polar surface area (TPSA) is 193 Å². The molecule has 2 amide bonds. The summed E-state index contributed by atoms with van der Waals surface area (Å²) in [5.74, 6) is -1.93. The van der Waals surface area contributed by atoms with Crippen LogP contribution in [0.2, 0.25) is 0 Å². The van der Waals surface area contributed by atoms with Crippen LogP contribution >= 0.6 is 0 Å². The van der Waals surface area contributed by atoms with E-state index in [9.17, 15) is 29.1 Å². The molecular formula is C32H30N6O6. The average molecular weight is 595 g/mol. The first kappa shape index (κ1) is 28.7. The molecule has 2 aliphatic carbocycles. The number of carboxylic acid groups (broad SMARTS) is 1. The van der Waals surface area contributed by atoms with E-state index in [1.807, 2.05) is 18.2 Å². The summed E-state index contributed by atoms with van der Waals surface area (Å²) < 4.78 is 0. The molecule has 0 saturated heterocycles. The number of anilines is 2. The largest absolute Gasteiger partial charge is 0.478 e. The molecule has 0 spiro atoms. The van der Waals surface area contributed by atoms with Gasteiger partial charge in [0.15, 0.2) is 0 Å². The molecule has 2 atom stereocenters. The maximum Gasteiger partial charge on any atom is 0.335 e. The van der Waals surface area contributed by atoms with Crippen molar-refractivity contribution in [3.63, 3.8) is 0 Å². The first-order chi connectivity index (χ1) is 21.1. The maximum absolute atomic E-state index is 13.1. The number of hydrogen-bond donors (Lipinski definition) is 5. The molecular weight excluding hydrogens is 564 g/mol. The fourth-order valence-corrected chi connectivity index (χ4v) is 6.21. The van der Waals surface area contributed by atoms with Crippen LogP contribution in [-0.2, 0) is 19.4 Å². The molecule has 12 nitrogen and oxygen atoms in total. The van der Waals surface area contributed by atoms with Gasteiger partial charge >= 0.3 is 5.97 Å². The Labute approximate surface area is 251 Å². The van der Waals surface area contributed by atoms with E-state index in [2.05, 4.69) is 25.9 Å². The van der Waals surface area contributed by atoms with Crippen molar-refractivity contribution < 1.29 is 19.5 Å². The molecule has 0 fully saturated rings. The van der Waals surface area contributed by atoms with Gasteiger partial charge in [0.25, 0.3) is 22.7 Å². The minimum Gasteiger partial charge on any atom is -0.478 e. The average Bonchev–Trinajstić information content (AvgIpc) is 3.45. The minimum absolute atomic E-state index is 0.0343. The fraction of sp³-hybridized carbons (Fsp3) is 0.281. The number of aromatic carboxylic acids is 1. The molecule has 3 aromatic carbocycles. The van der Waals surface area contributed by atoms with E-state index in [0.717, 1.165) is 53.4 Å². The molecule has 0 radical (unpaired) electrons. The summed E-state index contributed by atoms with van der Waals surface area (Å²) in [6.07, 6.45) is 4.99. The number of carbonyl (C=O) groups excluding carboxylic acids is 2. The number of fused-ring (bicyclic) bond motifs is 2. The van der Waals surface area contributed by atoms with Crippen LogP contribution in [0, 0.1) is 6.92 Å². The van der Waals surface area contributed by atoms with E-state index in [4.69, 9.17) is 5.73 Å². The van der Waals surface area contributed by atoms with Gasteiger partial charge in [0, 0.05) is 12.6 Å². The molecule has 0 bridgehead atoms. The first-order valence-electron chi connectivity index (χ1n) is 14.4. The summed E-state index contributed by atoms with van der Waals surface area (Å²) in [6.45, 7) is 1.97. The zero-order valence-corrected chi connectivity index (χ0v) is 23.9. The second kappa shape index (κ2) is 11.4. The summed E-state index contributed by atoms with van der Waals surface area (Å²) in [6, 6.07) is 10.0. The van der Waals surface area contributed by atoms with Crippen molar-refractivity contribution in [3.8, 4) is 0 Å². The Morgan fingerprint density at radius 2 is 1.70 bits per heavy atom. The first-order valence-corrected chi connectivity index (χ1v) is 14.4. The fourth-order valence-electron chi connectivity index (χ4n) is 6.21. The van der Waals surface area contributed by atoms with Crippen molar-refractivity contribution in [1.82, 2.24) is 20.6 Å². The van der Waals surface area contributed by atoms with Gasteiger partial charge in [0.05, 0.1) is 17.6 Å². The molecule has 1 heterocycles. The molecule has 4 aromatic rings. The van der Waals surface area contributed by atoms with Crippen LogP contribution in [0.5, 0.6) is 0 Å². The number of carbonyl (C=O) groups is 3. The number of nitrogen functional groups attached to an aromatic ring is 1. The van der Waals surface area contributed by atoms with Gasteiger partial charge in [-0.1, -0.05) is 24.3 Å². The van der Waals surface area contributed by atoms with Crippen LogP contribution in [0.15, 0.2) is 52.3 Å². The van der Waals surface area contributed by atoms with Gasteiger partial charge in [0.1, 0.15) is 29.1 Å². The number of amides is 2. The zero-order chi connectivity index (χ0) is 31.1. The Kier molecular flexibility index (Phi) is 7.41. The van der Waals surface area contributed by atoms with Gasteiger partial charge in [-0.2, -0.15) is 0 Å². The third-order valence-corrected chi connectivity index (χ3v) is 8.60. The van der Waals surface area contributed by atoms with Gasteiger partial charge < -0.3 is 26.8 Å². The molecule has 0 saturated carbocycles. The third-order valence-electron chi connectivity index (χ3n) is 8.60. The number of hydrogen-bond acceptors (Lipinski definition) is 9. The molecule has 12 heteroatoms. The van der Waals surface area contributed by atoms with E-state index in [0.29, 0.717) is 18.4 Å². The van der Waals surface area contributed by atoms with Gasteiger partial charge in [-0.15, -0.1) is 0 Å².